The van der Waals surface area contributed by atoms with Gasteiger partial charge >= 0.3 is 6.18 Å². The highest BCUT2D eigenvalue weighted by atomic mass is 19.4. The molecule has 27 heavy (non-hydrogen) atoms. The van der Waals surface area contributed by atoms with Crippen LogP contribution >= 0.6 is 0 Å². The van der Waals surface area contributed by atoms with Crippen LogP contribution in [0.4, 0.5) is 18.9 Å². The molecular formula is C16H17F3N2O6. The van der Waals surface area contributed by atoms with Gasteiger partial charge in [-0.05, 0) is 23.6 Å². The highest BCUT2D eigenvalue weighted by Gasteiger charge is 2.34. The first-order valence-corrected chi connectivity index (χ1v) is 7.64. The molecule has 0 aliphatic rings. The molecule has 0 aliphatic heterocycles. The zero-order chi connectivity index (χ0) is 21.2. The number of hydrogen-bond donors (Lipinski definition) is 6. The molecule has 148 valence electrons. The minimum atomic E-state index is -4.85. The Morgan fingerprint density at radius 3 is 2.44 bits per heavy atom. The van der Waals surface area contributed by atoms with E-state index in [1.807, 2.05) is 4.98 Å². The van der Waals surface area contributed by atoms with Crippen molar-refractivity contribution in [3.05, 3.63) is 40.2 Å². The lowest BCUT2D eigenvalue weighted by molar-refractivity contribution is -0.138. The maximum Gasteiger partial charge on any atom is 0.421 e. The Balaban J connectivity index is 2.40. The first-order valence-electron chi connectivity index (χ1n) is 8.08. The molecule has 2 aromatic rings. The van der Waals surface area contributed by atoms with Crippen LogP contribution in [0.25, 0.3) is 10.9 Å². The summed E-state index contributed by atoms with van der Waals surface area (Å²) in [4.78, 5) is 25.0. The van der Waals surface area contributed by atoms with E-state index in [9.17, 15) is 38.1 Å². The largest absolute Gasteiger partial charge is 0.421 e. The summed E-state index contributed by atoms with van der Waals surface area (Å²) in [5.74, 6) is 0. The number of anilines is 1. The summed E-state index contributed by atoms with van der Waals surface area (Å²) in [6.45, 7) is -0.902. The van der Waals surface area contributed by atoms with Gasteiger partial charge in [0.1, 0.15) is 36.2 Å². The minimum Gasteiger partial charge on any atom is -0.394 e. The third-order valence-corrected chi connectivity index (χ3v) is 3.85. The smallest absolute Gasteiger partial charge is 0.394 e. The van der Waals surface area contributed by atoms with Crippen LogP contribution in [0.15, 0.2) is 29.1 Å². The summed E-state index contributed by atoms with van der Waals surface area (Å²) >= 11 is 0. The molecule has 6 N–H and O–H groups in total. The number of aromatic nitrogens is 1. The minimum absolute atomic E-state index is 0.0167. The molecule has 0 fully saturated rings. The van der Waals surface area contributed by atoms with Crippen LogP contribution in [0.2, 0.25) is 1.41 Å². The molecule has 1 heterocycles. The van der Waals surface area contributed by atoms with E-state index >= 15 is 0 Å². The van der Waals surface area contributed by atoms with E-state index in [4.69, 9.17) is 6.52 Å². The number of H-pyrrole nitrogens is 1. The number of aliphatic hydroxyl groups is 4. The van der Waals surface area contributed by atoms with Crippen molar-refractivity contribution in [1.29, 1.82) is 0 Å². The Labute approximate surface area is 151 Å². The molecule has 0 spiro atoms. The molecule has 1 aromatic heterocycles. The van der Waals surface area contributed by atoms with Crippen molar-refractivity contribution in [1.82, 2.24) is 4.98 Å². The summed E-state index contributed by atoms with van der Waals surface area (Å²) in [6.07, 6.45) is -10.4. The van der Waals surface area contributed by atoms with Crippen molar-refractivity contribution in [3.8, 4) is 0 Å². The van der Waals surface area contributed by atoms with Gasteiger partial charge in [-0.1, -0.05) is 6.07 Å². The van der Waals surface area contributed by atoms with Gasteiger partial charge in [0.2, 0.25) is 0 Å². The zero-order valence-electron chi connectivity index (χ0n) is 14.6. The number of aromatic amines is 1. The molecule has 11 heteroatoms. The van der Waals surface area contributed by atoms with E-state index in [0.717, 1.165) is 6.07 Å². The lowest BCUT2D eigenvalue weighted by Crippen LogP contribution is -2.49. The number of halogens is 3. The quantitative estimate of drug-likeness (QED) is 0.353. The predicted molar refractivity (Wildman–Crippen MR) is 88.2 cm³/mol. The van der Waals surface area contributed by atoms with Crippen LogP contribution in [0.5, 0.6) is 0 Å². The molecule has 0 radical (unpaired) electrons. The standard InChI is InChI=1S/C16H17F3N2O6/c17-16(18,19)9-3-7-1-2-8(4-10(7)21-15(9)27)20-11(5-22)13(25)14(26)12(24)6-23/h1-5,11-14,20,23-26H,6H2,(H,21,27)/t11-,12+,13+,14+/m0/s1/i/hD. The van der Waals surface area contributed by atoms with Crippen molar-refractivity contribution in [3.63, 3.8) is 0 Å². The summed E-state index contributed by atoms with van der Waals surface area (Å²) in [7, 11) is 0. The number of fused-ring (bicyclic) bond motifs is 1. The molecule has 0 unspecified atom stereocenters. The van der Waals surface area contributed by atoms with Crippen molar-refractivity contribution in [2.45, 2.75) is 30.5 Å². The lowest BCUT2D eigenvalue weighted by Gasteiger charge is -2.26. The van der Waals surface area contributed by atoms with Crippen LogP contribution in [0.3, 0.4) is 0 Å². The SMILES string of the molecule is [2H]N(c1ccc2cc(C(F)(F)F)c(=O)[nH]c2c1)[C@@H](C=O)[C@@H](O)[C@H](O)[C@H](O)CO. The third kappa shape index (κ3) is 4.63. The van der Waals surface area contributed by atoms with Gasteiger partial charge in [-0.2, -0.15) is 13.2 Å². The van der Waals surface area contributed by atoms with E-state index in [1.54, 1.807) is 0 Å². The number of aldehydes is 1. The first kappa shape index (κ1) is 19.3. The number of aliphatic hydroxyl groups excluding tert-OH is 4. The van der Waals surface area contributed by atoms with Crippen molar-refractivity contribution >= 4 is 22.9 Å². The maximum absolute atomic E-state index is 12.8. The average molecular weight is 391 g/mol. The zero-order valence-corrected chi connectivity index (χ0v) is 13.6. The summed E-state index contributed by atoms with van der Waals surface area (Å²) in [6, 6.07) is 2.41. The van der Waals surface area contributed by atoms with Gasteiger partial charge in [0.15, 0.2) is 1.41 Å². The number of rotatable bonds is 7. The number of alkyl halides is 3. The number of carbonyl (C=O) groups excluding carboxylic acids is 1. The number of hydrogen-bond acceptors (Lipinski definition) is 7. The molecule has 0 amide bonds. The van der Waals surface area contributed by atoms with Gasteiger partial charge in [-0.25, -0.2) is 0 Å². The van der Waals surface area contributed by atoms with Gasteiger partial charge in [-0.15, -0.1) is 0 Å². The number of carbonyl (C=O) groups is 1. The van der Waals surface area contributed by atoms with Gasteiger partial charge in [0, 0.05) is 5.69 Å². The second kappa shape index (κ2) is 8.05. The second-order valence-corrected chi connectivity index (χ2v) is 5.77. The molecule has 0 saturated carbocycles. The Kier molecular flexibility index (Phi) is 5.75. The molecule has 8 nitrogen and oxygen atoms in total. The van der Waals surface area contributed by atoms with Crippen LogP contribution in [-0.2, 0) is 11.0 Å². The van der Waals surface area contributed by atoms with Crippen molar-refractivity contribution in [2.75, 3.05) is 11.9 Å². The summed E-state index contributed by atoms with van der Waals surface area (Å²) in [5.41, 5.74) is -2.92. The van der Waals surface area contributed by atoms with Gasteiger partial charge in [0.05, 0.1) is 12.1 Å². The summed E-state index contributed by atoms with van der Waals surface area (Å²) < 4.78 is 46.4. The summed E-state index contributed by atoms with van der Waals surface area (Å²) in [5, 5.41) is 38.4. The van der Waals surface area contributed by atoms with E-state index in [0.29, 0.717) is 11.4 Å². The van der Waals surface area contributed by atoms with Crippen molar-refractivity contribution < 1.29 is 39.8 Å². The lowest BCUT2D eigenvalue weighted by atomic mass is 10.0. The Morgan fingerprint density at radius 2 is 1.89 bits per heavy atom. The third-order valence-electron chi connectivity index (χ3n) is 3.85. The molecule has 4 atom stereocenters. The molecule has 0 aliphatic carbocycles. The van der Waals surface area contributed by atoms with E-state index in [1.165, 1.54) is 12.1 Å². The van der Waals surface area contributed by atoms with E-state index < -0.39 is 48.3 Å². The fourth-order valence-electron chi connectivity index (χ4n) is 2.38. The second-order valence-electron chi connectivity index (χ2n) is 5.77. The number of nitrogens with one attached hydrogen (secondary N) is 2. The van der Waals surface area contributed by atoms with Crippen LogP contribution in [0, 0.1) is 0 Å². The molecular weight excluding hydrogens is 373 g/mol. The van der Waals surface area contributed by atoms with Gasteiger partial charge in [-0.3, -0.25) is 4.79 Å². The molecule has 0 saturated heterocycles. The van der Waals surface area contributed by atoms with Crippen molar-refractivity contribution in [2.24, 2.45) is 0 Å². The van der Waals surface area contributed by atoms with Gasteiger partial charge in [0.25, 0.3) is 5.56 Å². The fraction of sp³-hybridized carbons (Fsp3) is 0.375. The first-order chi connectivity index (χ1) is 13.0. The normalized spacial score (nSPS) is 17.1. The molecule has 2 rings (SSSR count). The fourth-order valence-corrected chi connectivity index (χ4v) is 2.38. The highest BCUT2D eigenvalue weighted by molar-refractivity contribution is 5.83. The van der Waals surface area contributed by atoms with Gasteiger partial charge < -0.3 is 35.5 Å². The maximum atomic E-state index is 12.8. The van der Waals surface area contributed by atoms with E-state index in [-0.39, 0.29) is 22.9 Å². The molecule has 0 bridgehead atoms. The Morgan fingerprint density at radius 1 is 1.22 bits per heavy atom. The van der Waals surface area contributed by atoms with Crippen LogP contribution in [0.1, 0.15) is 5.56 Å². The Hall–Kier alpha value is -2.47. The number of pyridine rings is 1. The predicted octanol–water partition coefficient (Wildman–Crippen LogP) is -0.399. The monoisotopic (exact) mass is 391 g/mol. The topological polar surface area (TPSA) is 143 Å². The average Bonchev–Trinajstić information content (AvgIpc) is 2.65. The van der Waals surface area contributed by atoms with Crippen LogP contribution in [-0.4, -0.2) is 62.7 Å². The number of benzene rings is 1. The van der Waals surface area contributed by atoms with Crippen LogP contribution < -0.4 is 10.9 Å². The highest BCUT2D eigenvalue weighted by Crippen LogP contribution is 2.28. The van der Waals surface area contributed by atoms with E-state index in [2.05, 4.69) is 0 Å². The Bertz CT molecular complexity index is 906. The molecule has 1 aromatic carbocycles.